The Hall–Kier alpha value is -1.03. The topological polar surface area (TPSA) is 12.0 Å². The van der Waals surface area contributed by atoms with Crippen molar-refractivity contribution in [1.29, 1.82) is 0 Å². The predicted octanol–water partition coefficient (Wildman–Crippen LogP) is 4.85. The molecule has 0 aromatic heterocycles. The Morgan fingerprint density at radius 2 is 2.00 bits per heavy atom. The van der Waals surface area contributed by atoms with E-state index in [9.17, 15) is 13.2 Å². The van der Waals surface area contributed by atoms with Gasteiger partial charge in [0, 0.05) is 6.04 Å². The summed E-state index contributed by atoms with van der Waals surface area (Å²) in [6.07, 6.45) is 0.559. The van der Waals surface area contributed by atoms with Gasteiger partial charge in [-0.2, -0.15) is 13.2 Å². The second-order valence-corrected chi connectivity index (χ2v) is 5.71. The summed E-state index contributed by atoms with van der Waals surface area (Å²) in [6, 6.07) is 4.28. The second kappa shape index (κ2) is 6.17. The molecule has 0 saturated heterocycles. The van der Waals surface area contributed by atoms with Crippen LogP contribution in [0.25, 0.3) is 0 Å². The largest absolute Gasteiger partial charge is 0.416 e. The SMILES string of the molecule is CCNC(CC1CCC1)c1ccc(C(F)(F)F)cc1C. The average molecular weight is 285 g/mol. The molecule has 1 aromatic rings. The first kappa shape index (κ1) is 15.4. The molecule has 1 aliphatic carbocycles. The van der Waals surface area contributed by atoms with Crippen molar-refractivity contribution in [3.05, 3.63) is 34.9 Å². The van der Waals surface area contributed by atoms with E-state index in [-0.39, 0.29) is 6.04 Å². The Labute approximate surface area is 118 Å². The van der Waals surface area contributed by atoms with Crippen molar-refractivity contribution in [2.45, 2.75) is 51.7 Å². The van der Waals surface area contributed by atoms with E-state index in [0.717, 1.165) is 30.0 Å². The second-order valence-electron chi connectivity index (χ2n) is 5.71. The van der Waals surface area contributed by atoms with Gasteiger partial charge >= 0.3 is 6.18 Å². The molecule has 1 unspecified atom stereocenters. The molecule has 1 fully saturated rings. The summed E-state index contributed by atoms with van der Waals surface area (Å²) in [5.74, 6) is 0.723. The molecule has 112 valence electrons. The molecular formula is C16H22F3N. The van der Waals surface area contributed by atoms with Gasteiger partial charge in [-0.25, -0.2) is 0 Å². The molecule has 0 bridgehead atoms. The third-order valence-electron chi connectivity index (χ3n) is 4.22. The number of hydrogen-bond acceptors (Lipinski definition) is 1. The summed E-state index contributed by atoms with van der Waals surface area (Å²) in [7, 11) is 0. The number of nitrogens with one attached hydrogen (secondary N) is 1. The summed E-state index contributed by atoms with van der Waals surface area (Å²) in [5.41, 5.74) is 1.18. The summed E-state index contributed by atoms with van der Waals surface area (Å²) in [5, 5.41) is 3.42. The zero-order valence-corrected chi connectivity index (χ0v) is 12.1. The van der Waals surface area contributed by atoms with Crippen LogP contribution in [0.5, 0.6) is 0 Å². The molecule has 0 spiro atoms. The molecule has 4 heteroatoms. The summed E-state index contributed by atoms with van der Waals surface area (Å²) in [4.78, 5) is 0. The lowest BCUT2D eigenvalue weighted by Crippen LogP contribution is -2.26. The van der Waals surface area contributed by atoms with Crippen LogP contribution >= 0.6 is 0 Å². The van der Waals surface area contributed by atoms with Gasteiger partial charge in [-0.1, -0.05) is 32.3 Å². The van der Waals surface area contributed by atoms with Gasteiger partial charge in [-0.05, 0) is 49.1 Å². The standard InChI is InChI=1S/C16H22F3N/c1-3-20-15(10-12-5-4-6-12)14-8-7-13(9-11(14)2)16(17,18)19/h7-9,12,15,20H,3-6,10H2,1-2H3. The minimum absolute atomic E-state index is 0.174. The molecule has 20 heavy (non-hydrogen) atoms. The van der Waals surface area contributed by atoms with Crippen molar-refractivity contribution >= 4 is 0 Å². The summed E-state index contributed by atoms with van der Waals surface area (Å²) in [6.45, 7) is 4.64. The van der Waals surface area contributed by atoms with E-state index >= 15 is 0 Å². The molecule has 1 atom stereocenters. The monoisotopic (exact) mass is 285 g/mol. The van der Waals surface area contributed by atoms with Gasteiger partial charge in [0.2, 0.25) is 0 Å². The van der Waals surface area contributed by atoms with Crippen LogP contribution in [0.4, 0.5) is 13.2 Å². The molecule has 1 aliphatic rings. The Morgan fingerprint density at radius 3 is 2.45 bits per heavy atom. The maximum absolute atomic E-state index is 12.7. The van der Waals surface area contributed by atoms with Crippen LogP contribution in [0, 0.1) is 12.8 Å². The van der Waals surface area contributed by atoms with Crippen LogP contribution < -0.4 is 5.32 Å². The third kappa shape index (κ3) is 3.54. The highest BCUT2D eigenvalue weighted by Gasteiger charge is 2.31. The lowest BCUT2D eigenvalue weighted by Gasteiger charge is -2.31. The average Bonchev–Trinajstić information content (AvgIpc) is 2.31. The highest BCUT2D eigenvalue weighted by atomic mass is 19.4. The van der Waals surface area contributed by atoms with Crippen molar-refractivity contribution in [1.82, 2.24) is 5.32 Å². The minimum atomic E-state index is -4.26. The highest BCUT2D eigenvalue weighted by Crippen LogP contribution is 2.37. The predicted molar refractivity (Wildman–Crippen MR) is 74.6 cm³/mol. The van der Waals surface area contributed by atoms with E-state index in [1.807, 2.05) is 6.92 Å². The van der Waals surface area contributed by atoms with Crippen LogP contribution in [-0.2, 0) is 6.18 Å². The zero-order valence-electron chi connectivity index (χ0n) is 12.1. The van der Waals surface area contributed by atoms with Gasteiger partial charge in [-0.15, -0.1) is 0 Å². The third-order valence-corrected chi connectivity index (χ3v) is 4.22. The summed E-state index contributed by atoms with van der Waals surface area (Å²) >= 11 is 0. The first-order chi connectivity index (χ1) is 9.41. The smallest absolute Gasteiger partial charge is 0.310 e. The van der Waals surface area contributed by atoms with Gasteiger partial charge in [0.05, 0.1) is 5.56 Å². The molecular weight excluding hydrogens is 263 g/mol. The highest BCUT2D eigenvalue weighted by molar-refractivity contribution is 5.34. The van der Waals surface area contributed by atoms with Gasteiger partial charge in [0.1, 0.15) is 0 Å². The molecule has 0 aliphatic heterocycles. The van der Waals surface area contributed by atoms with E-state index in [0.29, 0.717) is 0 Å². The molecule has 1 saturated carbocycles. The normalized spacial score (nSPS) is 17.9. The molecule has 0 heterocycles. The fraction of sp³-hybridized carbons (Fsp3) is 0.625. The van der Waals surface area contributed by atoms with Crippen LogP contribution in [0.3, 0.4) is 0 Å². The first-order valence-corrected chi connectivity index (χ1v) is 7.33. The lowest BCUT2D eigenvalue weighted by atomic mass is 9.79. The maximum atomic E-state index is 12.7. The van der Waals surface area contributed by atoms with Crippen molar-refractivity contribution in [3.63, 3.8) is 0 Å². The van der Waals surface area contributed by atoms with E-state index in [1.165, 1.54) is 31.4 Å². The Morgan fingerprint density at radius 1 is 1.30 bits per heavy atom. The molecule has 2 rings (SSSR count). The number of benzene rings is 1. The van der Waals surface area contributed by atoms with Gasteiger partial charge in [0.15, 0.2) is 0 Å². The lowest BCUT2D eigenvalue weighted by molar-refractivity contribution is -0.137. The Kier molecular flexibility index (Phi) is 4.74. The van der Waals surface area contributed by atoms with E-state index in [1.54, 1.807) is 13.0 Å². The number of aryl methyl sites for hydroxylation is 1. The van der Waals surface area contributed by atoms with E-state index in [2.05, 4.69) is 5.32 Å². The first-order valence-electron chi connectivity index (χ1n) is 7.33. The van der Waals surface area contributed by atoms with Gasteiger partial charge < -0.3 is 5.32 Å². The summed E-state index contributed by atoms with van der Waals surface area (Å²) < 4.78 is 38.1. The number of alkyl halides is 3. The van der Waals surface area contributed by atoms with Crippen LogP contribution in [0.2, 0.25) is 0 Å². The van der Waals surface area contributed by atoms with Crippen LogP contribution in [0.15, 0.2) is 18.2 Å². The van der Waals surface area contributed by atoms with Gasteiger partial charge in [-0.3, -0.25) is 0 Å². The van der Waals surface area contributed by atoms with E-state index in [4.69, 9.17) is 0 Å². The van der Waals surface area contributed by atoms with Gasteiger partial charge in [0.25, 0.3) is 0 Å². The molecule has 1 aromatic carbocycles. The number of hydrogen-bond donors (Lipinski definition) is 1. The van der Waals surface area contributed by atoms with Crippen molar-refractivity contribution < 1.29 is 13.2 Å². The van der Waals surface area contributed by atoms with E-state index < -0.39 is 11.7 Å². The molecule has 1 nitrogen and oxygen atoms in total. The fourth-order valence-corrected chi connectivity index (χ4v) is 2.87. The molecule has 0 amide bonds. The quantitative estimate of drug-likeness (QED) is 0.815. The van der Waals surface area contributed by atoms with Crippen molar-refractivity contribution in [3.8, 4) is 0 Å². The minimum Gasteiger partial charge on any atom is -0.310 e. The maximum Gasteiger partial charge on any atom is 0.416 e. The van der Waals surface area contributed by atoms with Crippen molar-refractivity contribution in [2.24, 2.45) is 5.92 Å². The Balaban J connectivity index is 2.19. The number of rotatable bonds is 5. The van der Waals surface area contributed by atoms with Crippen molar-refractivity contribution in [2.75, 3.05) is 6.54 Å². The van der Waals surface area contributed by atoms with Crippen LogP contribution in [-0.4, -0.2) is 6.54 Å². The van der Waals surface area contributed by atoms with Crippen LogP contribution in [0.1, 0.15) is 55.3 Å². The Bertz CT molecular complexity index is 450. The molecule has 0 radical (unpaired) electrons. The molecule has 1 N–H and O–H groups in total. The fourth-order valence-electron chi connectivity index (χ4n) is 2.87. The number of halogens is 3. The zero-order chi connectivity index (χ0) is 14.8.